The van der Waals surface area contributed by atoms with Crippen molar-refractivity contribution < 1.29 is 23.8 Å². The number of carbonyl (C=O) groups excluding carboxylic acids is 2. The molecule has 0 aromatic heterocycles. The number of esters is 1. The number of hydrogen-bond donors (Lipinski definition) is 0. The highest BCUT2D eigenvalue weighted by atomic mass is 16.5. The van der Waals surface area contributed by atoms with E-state index in [1.807, 2.05) is 24.3 Å². The third-order valence-corrected chi connectivity index (χ3v) is 11.2. The lowest BCUT2D eigenvalue weighted by atomic mass is 9.50. The molecule has 2 fully saturated rings. The predicted octanol–water partition coefficient (Wildman–Crippen LogP) is 6.78. The van der Waals surface area contributed by atoms with Crippen LogP contribution in [0.5, 0.6) is 17.2 Å². The summed E-state index contributed by atoms with van der Waals surface area (Å²) in [6, 6.07) is 20.9. The molecule has 1 amide bonds. The second kappa shape index (κ2) is 13.1. The molecule has 0 N–H and O–H groups in total. The Morgan fingerprint density at radius 3 is 2.62 bits per heavy atom. The highest BCUT2D eigenvalue weighted by Crippen LogP contribution is 2.65. The Balaban J connectivity index is 1.29. The van der Waals surface area contributed by atoms with E-state index < -0.39 is 0 Å². The smallest absolute Gasteiger partial charge is 0.308 e. The van der Waals surface area contributed by atoms with E-state index in [2.05, 4.69) is 73.0 Å². The van der Waals surface area contributed by atoms with Gasteiger partial charge in [0.25, 0.3) is 0 Å². The van der Waals surface area contributed by atoms with E-state index in [4.69, 9.17) is 14.2 Å². The van der Waals surface area contributed by atoms with E-state index in [9.17, 15) is 9.59 Å². The van der Waals surface area contributed by atoms with Crippen LogP contribution in [-0.4, -0.2) is 66.6 Å². The normalized spacial score (nSPS) is 25.5. The molecule has 1 spiro atoms. The zero-order valence-corrected chi connectivity index (χ0v) is 28.9. The number of ether oxygens (including phenoxy) is 3. The molecule has 4 aliphatic rings. The molecule has 5 atom stereocenters. The minimum Gasteiger partial charge on any atom is -0.493 e. The molecule has 7 heteroatoms. The van der Waals surface area contributed by atoms with Crippen molar-refractivity contribution in [2.45, 2.75) is 83.4 Å². The lowest BCUT2D eigenvalue weighted by Crippen LogP contribution is -2.69. The highest BCUT2D eigenvalue weighted by molar-refractivity contribution is 5.92. The monoisotopic (exact) mass is 648 g/mol. The van der Waals surface area contributed by atoms with Crippen LogP contribution in [0.1, 0.15) is 67.9 Å². The van der Waals surface area contributed by atoms with Crippen LogP contribution in [0, 0.1) is 18.8 Å². The fraction of sp³-hybridized carbons (Fsp3) is 0.463. The number of aryl methyl sites for hydroxylation is 1. The maximum Gasteiger partial charge on any atom is 0.308 e. The van der Waals surface area contributed by atoms with Gasteiger partial charge in [-0.15, -0.1) is 0 Å². The summed E-state index contributed by atoms with van der Waals surface area (Å²) in [6.07, 6.45) is 8.03. The van der Waals surface area contributed by atoms with E-state index >= 15 is 0 Å². The van der Waals surface area contributed by atoms with Gasteiger partial charge in [-0.25, -0.2) is 0 Å². The summed E-state index contributed by atoms with van der Waals surface area (Å²) in [4.78, 5) is 31.3. The maximum atomic E-state index is 14.2. The first-order valence-corrected chi connectivity index (χ1v) is 17.6. The number of carbonyl (C=O) groups is 2. The highest BCUT2D eigenvalue weighted by Gasteiger charge is 2.67. The summed E-state index contributed by atoms with van der Waals surface area (Å²) in [5.41, 5.74) is 5.44. The van der Waals surface area contributed by atoms with Crippen LogP contribution in [0.25, 0.3) is 6.08 Å². The Bertz CT molecular complexity index is 1720. The van der Waals surface area contributed by atoms with Crippen LogP contribution in [0.3, 0.4) is 0 Å². The van der Waals surface area contributed by atoms with Gasteiger partial charge in [0.15, 0.2) is 11.5 Å². The lowest BCUT2D eigenvalue weighted by molar-refractivity contribution is -0.138. The van der Waals surface area contributed by atoms with Gasteiger partial charge >= 0.3 is 5.97 Å². The lowest BCUT2D eigenvalue weighted by Gasteiger charge is -2.60. The summed E-state index contributed by atoms with van der Waals surface area (Å²) in [5, 5.41) is 0. The molecule has 7 nitrogen and oxygen atoms in total. The zero-order chi connectivity index (χ0) is 33.6. The molecule has 2 aliphatic carbocycles. The molecule has 252 valence electrons. The van der Waals surface area contributed by atoms with E-state index in [-0.39, 0.29) is 35.5 Å². The Morgan fingerprint density at radius 1 is 1.08 bits per heavy atom. The van der Waals surface area contributed by atoms with Crippen LogP contribution in [0.4, 0.5) is 0 Å². The van der Waals surface area contributed by atoms with Gasteiger partial charge in [0, 0.05) is 54.7 Å². The number of methoxy groups -OCH3 is 1. The van der Waals surface area contributed by atoms with E-state index in [1.165, 1.54) is 12.5 Å². The molecule has 2 aliphatic heterocycles. The summed E-state index contributed by atoms with van der Waals surface area (Å²) < 4.78 is 19.0. The summed E-state index contributed by atoms with van der Waals surface area (Å²) in [7, 11) is 1.65. The second-order valence-electron chi connectivity index (χ2n) is 14.6. The molecule has 7 rings (SSSR count). The summed E-state index contributed by atoms with van der Waals surface area (Å²) >= 11 is 0. The third-order valence-electron chi connectivity index (χ3n) is 11.2. The van der Waals surface area contributed by atoms with Crippen molar-refractivity contribution >= 4 is 18.0 Å². The molecule has 3 aromatic rings. The molecule has 0 radical (unpaired) electrons. The van der Waals surface area contributed by atoms with Gasteiger partial charge in [-0.2, -0.15) is 0 Å². The predicted molar refractivity (Wildman–Crippen MR) is 188 cm³/mol. The van der Waals surface area contributed by atoms with Crippen molar-refractivity contribution in [1.29, 1.82) is 0 Å². The van der Waals surface area contributed by atoms with Gasteiger partial charge in [0.2, 0.25) is 5.91 Å². The minimum absolute atomic E-state index is 0.0186. The summed E-state index contributed by atoms with van der Waals surface area (Å²) in [6.45, 7) is 10.4. The van der Waals surface area contributed by atoms with Crippen LogP contribution >= 0.6 is 0 Å². The van der Waals surface area contributed by atoms with Crippen molar-refractivity contribution in [2.24, 2.45) is 11.8 Å². The van der Waals surface area contributed by atoms with E-state index in [0.29, 0.717) is 29.9 Å². The Kier molecular flexibility index (Phi) is 8.84. The quantitative estimate of drug-likeness (QED) is 0.137. The Labute approximate surface area is 284 Å². The number of hydrogen-bond acceptors (Lipinski definition) is 6. The molecular formula is C41H48N2O5. The summed E-state index contributed by atoms with van der Waals surface area (Å²) in [5.74, 6) is 2.27. The average molecular weight is 649 g/mol. The first-order chi connectivity index (χ1) is 23.2. The molecule has 0 unspecified atom stereocenters. The van der Waals surface area contributed by atoms with Crippen molar-refractivity contribution in [2.75, 3.05) is 26.7 Å². The van der Waals surface area contributed by atoms with Crippen LogP contribution in [-0.2, 0) is 27.8 Å². The second-order valence-corrected chi connectivity index (χ2v) is 14.6. The molecule has 2 heterocycles. The number of nitrogens with zero attached hydrogens (tertiary/aromatic N) is 2. The van der Waals surface area contributed by atoms with Gasteiger partial charge in [-0.3, -0.25) is 14.5 Å². The van der Waals surface area contributed by atoms with Gasteiger partial charge in [-0.05, 0) is 74.6 Å². The van der Waals surface area contributed by atoms with E-state index in [1.54, 1.807) is 13.2 Å². The van der Waals surface area contributed by atoms with Gasteiger partial charge < -0.3 is 19.1 Å². The first kappa shape index (κ1) is 32.4. The van der Waals surface area contributed by atoms with Gasteiger partial charge in [-0.1, -0.05) is 74.0 Å². The van der Waals surface area contributed by atoms with Crippen molar-refractivity contribution in [3.8, 4) is 17.2 Å². The van der Waals surface area contributed by atoms with Crippen molar-refractivity contribution in [1.82, 2.24) is 9.80 Å². The number of piperidine rings is 1. The Morgan fingerprint density at radius 2 is 1.90 bits per heavy atom. The Hall–Kier alpha value is -4.10. The fourth-order valence-electron chi connectivity index (χ4n) is 9.37. The largest absolute Gasteiger partial charge is 0.493 e. The molecule has 3 aromatic carbocycles. The average Bonchev–Trinajstić information content (AvgIpc) is 3.41. The van der Waals surface area contributed by atoms with Crippen molar-refractivity contribution in [3.63, 3.8) is 0 Å². The molecular weight excluding hydrogens is 600 g/mol. The van der Waals surface area contributed by atoms with Crippen molar-refractivity contribution in [3.05, 3.63) is 94.6 Å². The number of rotatable bonds is 10. The van der Waals surface area contributed by atoms with Crippen LogP contribution in [0.15, 0.2) is 66.7 Å². The van der Waals surface area contributed by atoms with Gasteiger partial charge in [0.1, 0.15) is 11.9 Å². The standard InChI is InChI=1S/C41H48N2O5/c1-26(2)25-43(37(45)17-14-30-13-9-10-27(3)22-30)33-16-15-32-34-23-31-35(47-28(4)44)24-36(46-5)39-38(31)41(32,40(33)48-39)19-21-42(34)20-18-29-11-7-6-8-12-29/h6-14,17,22,24,26,32-34,40H,15-16,18-21,23,25H2,1-5H3/t32-,33+,34+,40-,41-/m0/s1. The molecule has 2 bridgehead atoms. The SMILES string of the molecule is COc1cc(OC(C)=O)c2c3c1O[C@H]1[C@H](N(CC(C)C)C(=O)C=Cc4cccc(C)c4)CC[C@H]4[C@@H](C2)N(CCc2ccccc2)CC[C@@]341. The van der Waals surface area contributed by atoms with Gasteiger partial charge in [0.05, 0.1) is 13.2 Å². The minimum atomic E-state index is -0.343. The molecule has 48 heavy (non-hydrogen) atoms. The topological polar surface area (TPSA) is 68.3 Å². The van der Waals surface area contributed by atoms with Crippen LogP contribution in [0.2, 0.25) is 0 Å². The fourth-order valence-corrected chi connectivity index (χ4v) is 9.37. The third kappa shape index (κ3) is 5.70. The molecule has 1 saturated carbocycles. The zero-order valence-electron chi connectivity index (χ0n) is 28.9. The number of likely N-dealkylation sites (tertiary alicyclic amines) is 1. The number of benzene rings is 3. The number of amides is 1. The maximum absolute atomic E-state index is 14.2. The van der Waals surface area contributed by atoms with Crippen LogP contribution < -0.4 is 14.2 Å². The first-order valence-electron chi connectivity index (χ1n) is 17.6. The van der Waals surface area contributed by atoms with E-state index in [0.717, 1.165) is 73.2 Å². The molecule has 1 saturated heterocycles.